The number of aromatic nitrogens is 2. The lowest BCUT2D eigenvalue weighted by Crippen LogP contribution is -2.52. The Morgan fingerprint density at radius 1 is 1.22 bits per heavy atom. The smallest absolute Gasteiger partial charge is 0.335 e. The number of carbonyl (C=O) groups is 1. The molecule has 2 fully saturated rings. The second kappa shape index (κ2) is 8.33. The number of carboxylic acids is 1. The number of likely N-dealkylation sites (tertiary alicyclic amines) is 2. The summed E-state index contributed by atoms with van der Waals surface area (Å²) in [6.07, 6.45) is 3.64. The van der Waals surface area contributed by atoms with Gasteiger partial charge in [0.05, 0.1) is 5.56 Å². The van der Waals surface area contributed by atoms with E-state index < -0.39 is 5.97 Å². The molecule has 27 heavy (non-hydrogen) atoms. The SMILES string of the molecule is CN1C[C@@H]2CN(Cc3cnc(Cl)nc3)C[C@@H]21.Cc1ccc(C(=O)O)c(C)c1. The maximum absolute atomic E-state index is 10.5. The van der Waals surface area contributed by atoms with Gasteiger partial charge in [0.2, 0.25) is 5.28 Å². The third-order valence-electron chi connectivity index (χ3n) is 5.26. The first-order chi connectivity index (χ1) is 12.8. The van der Waals surface area contributed by atoms with Crippen molar-refractivity contribution in [2.75, 3.05) is 26.7 Å². The number of carboxylic acid groups (broad SMARTS) is 1. The van der Waals surface area contributed by atoms with Crippen molar-refractivity contribution in [3.05, 3.63) is 58.1 Å². The molecule has 3 heterocycles. The van der Waals surface area contributed by atoms with Crippen LogP contribution in [0.2, 0.25) is 5.28 Å². The molecule has 4 rings (SSSR count). The van der Waals surface area contributed by atoms with Crippen LogP contribution in [-0.4, -0.2) is 63.6 Å². The molecule has 0 saturated carbocycles. The Kier molecular flexibility index (Phi) is 6.09. The van der Waals surface area contributed by atoms with Gasteiger partial charge in [0.1, 0.15) is 0 Å². The van der Waals surface area contributed by atoms with Gasteiger partial charge in [0, 0.05) is 56.1 Å². The van der Waals surface area contributed by atoms with E-state index in [4.69, 9.17) is 16.7 Å². The molecule has 0 spiro atoms. The maximum atomic E-state index is 10.5. The van der Waals surface area contributed by atoms with Crippen molar-refractivity contribution in [1.29, 1.82) is 0 Å². The molecule has 0 bridgehead atoms. The third kappa shape index (κ3) is 4.83. The van der Waals surface area contributed by atoms with Crippen molar-refractivity contribution >= 4 is 17.6 Å². The Bertz CT molecular complexity index is 812. The van der Waals surface area contributed by atoms with Crippen LogP contribution in [0, 0.1) is 19.8 Å². The minimum absolute atomic E-state index is 0.324. The van der Waals surface area contributed by atoms with Crippen LogP contribution in [-0.2, 0) is 6.54 Å². The Balaban J connectivity index is 0.000000168. The van der Waals surface area contributed by atoms with Crippen LogP contribution >= 0.6 is 11.6 Å². The van der Waals surface area contributed by atoms with Crippen molar-refractivity contribution in [2.24, 2.45) is 5.92 Å². The van der Waals surface area contributed by atoms with E-state index in [1.807, 2.05) is 25.4 Å². The minimum atomic E-state index is -0.859. The van der Waals surface area contributed by atoms with Gasteiger partial charge in [-0.2, -0.15) is 0 Å². The van der Waals surface area contributed by atoms with Gasteiger partial charge in [-0.15, -0.1) is 0 Å². The predicted molar refractivity (Wildman–Crippen MR) is 105 cm³/mol. The van der Waals surface area contributed by atoms with Gasteiger partial charge in [-0.05, 0) is 44.1 Å². The van der Waals surface area contributed by atoms with E-state index in [0.717, 1.165) is 35.2 Å². The Labute approximate surface area is 164 Å². The Hall–Kier alpha value is -2.02. The molecule has 0 aliphatic carbocycles. The van der Waals surface area contributed by atoms with Crippen molar-refractivity contribution in [3.63, 3.8) is 0 Å². The molecule has 2 aliphatic heterocycles. The number of hydrogen-bond acceptors (Lipinski definition) is 5. The number of likely N-dealkylation sites (N-methyl/N-ethyl adjacent to an activating group) is 1. The number of hydrogen-bond donors (Lipinski definition) is 1. The fraction of sp³-hybridized carbons (Fsp3) is 0.450. The van der Waals surface area contributed by atoms with Gasteiger partial charge in [-0.3, -0.25) is 4.90 Å². The first kappa shape index (κ1) is 19.7. The van der Waals surface area contributed by atoms with Crippen LogP contribution in [0.15, 0.2) is 30.6 Å². The molecular weight excluding hydrogens is 364 g/mol. The quantitative estimate of drug-likeness (QED) is 0.815. The lowest BCUT2D eigenvalue weighted by molar-refractivity contribution is 0.0696. The van der Waals surface area contributed by atoms with Crippen LogP contribution in [0.3, 0.4) is 0 Å². The van der Waals surface area contributed by atoms with Crippen molar-refractivity contribution in [2.45, 2.75) is 26.4 Å². The molecule has 2 atom stereocenters. The van der Waals surface area contributed by atoms with Gasteiger partial charge in [0.15, 0.2) is 0 Å². The van der Waals surface area contributed by atoms with Crippen LogP contribution < -0.4 is 0 Å². The number of benzene rings is 1. The van der Waals surface area contributed by atoms with E-state index in [0.29, 0.717) is 10.8 Å². The zero-order valence-electron chi connectivity index (χ0n) is 15.9. The van der Waals surface area contributed by atoms with Crippen LogP contribution in [0.4, 0.5) is 0 Å². The minimum Gasteiger partial charge on any atom is -0.478 e. The summed E-state index contributed by atoms with van der Waals surface area (Å²) in [5.74, 6) is 0.0146. The van der Waals surface area contributed by atoms with Gasteiger partial charge >= 0.3 is 5.97 Å². The van der Waals surface area contributed by atoms with Gasteiger partial charge in [-0.1, -0.05) is 17.7 Å². The van der Waals surface area contributed by atoms with Gasteiger partial charge in [-0.25, -0.2) is 14.8 Å². The van der Waals surface area contributed by atoms with E-state index in [1.165, 1.54) is 19.6 Å². The van der Waals surface area contributed by atoms with Gasteiger partial charge < -0.3 is 10.0 Å². The molecule has 1 aromatic carbocycles. The lowest BCUT2D eigenvalue weighted by atomic mass is 9.93. The van der Waals surface area contributed by atoms with E-state index >= 15 is 0 Å². The summed E-state index contributed by atoms with van der Waals surface area (Å²) in [7, 11) is 2.20. The molecule has 1 aromatic heterocycles. The zero-order valence-corrected chi connectivity index (χ0v) is 16.6. The summed E-state index contributed by atoms with van der Waals surface area (Å²) < 4.78 is 0. The summed E-state index contributed by atoms with van der Waals surface area (Å²) in [5.41, 5.74) is 3.44. The van der Waals surface area contributed by atoms with Crippen LogP contribution in [0.5, 0.6) is 0 Å². The molecule has 0 radical (unpaired) electrons. The molecule has 2 aromatic rings. The monoisotopic (exact) mass is 388 g/mol. The van der Waals surface area contributed by atoms with Crippen molar-refractivity contribution < 1.29 is 9.90 Å². The fourth-order valence-corrected chi connectivity index (χ4v) is 3.95. The third-order valence-corrected chi connectivity index (χ3v) is 5.46. The topological polar surface area (TPSA) is 69.6 Å². The fourth-order valence-electron chi connectivity index (χ4n) is 3.85. The van der Waals surface area contributed by atoms with E-state index in [2.05, 4.69) is 26.8 Å². The second-order valence-corrected chi connectivity index (χ2v) is 7.78. The lowest BCUT2D eigenvalue weighted by Gasteiger charge is -2.40. The summed E-state index contributed by atoms with van der Waals surface area (Å²) in [4.78, 5) is 23.5. The highest BCUT2D eigenvalue weighted by atomic mass is 35.5. The average molecular weight is 389 g/mol. The zero-order chi connectivity index (χ0) is 19.6. The molecule has 7 heteroatoms. The maximum Gasteiger partial charge on any atom is 0.335 e. The molecule has 0 unspecified atom stereocenters. The molecular formula is C20H25ClN4O2. The van der Waals surface area contributed by atoms with E-state index in [-0.39, 0.29) is 0 Å². The molecule has 0 amide bonds. The summed E-state index contributed by atoms with van der Waals surface area (Å²) >= 11 is 5.66. The number of nitrogens with zero attached hydrogens (tertiary/aromatic N) is 4. The van der Waals surface area contributed by atoms with E-state index in [9.17, 15) is 4.79 Å². The average Bonchev–Trinajstić information content (AvgIpc) is 2.93. The van der Waals surface area contributed by atoms with Crippen molar-refractivity contribution in [3.8, 4) is 0 Å². The number of fused-ring (bicyclic) bond motifs is 1. The highest BCUT2D eigenvalue weighted by Gasteiger charge is 2.43. The Morgan fingerprint density at radius 3 is 2.48 bits per heavy atom. The number of rotatable bonds is 3. The highest BCUT2D eigenvalue weighted by molar-refractivity contribution is 6.28. The molecule has 2 aliphatic rings. The number of halogens is 1. The summed E-state index contributed by atoms with van der Waals surface area (Å²) in [6.45, 7) is 8.31. The van der Waals surface area contributed by atoms with Crippen molar-refractivity contribution in [1.82, 2.24) is 19.8 Å². The highest BCUT2D eigenvalue weighted by Crippen LogP contribution is 2.31. The molecule has 6 nitrogen and oxygen atoms in total. The first-order valence-corrected chi connectivity index (χ1v) is 9.41. The van der Waals surface area contributed by atoms with Crippen LogP contribution in [0.25, 0.3) is 0 Å². The summed E-state index contributed by atoms with van der Waals surface area (Å²) in [5, 5.41) is 8.98. The van der Waals surface area contributed by atoms with E-state index in [1.54, 1.807) is 19.1 Å². The molecule has 144 valence electrons. The van der Waals surface area contributed by atoms with Gasteiger partial charge in [0.25, 0.3) is 0 Å². The standard InChI is InChI=1S/C11H15ClN4.C9H10O2/c1-15-5-9-6-16(7-10(9)15)4-8-2-13-11(12)14-3-8;1-6-3-4-8(9(10)11)7(2)5-6/h2-3,9-10H,4-7H2,1H3;3-5H,1-2H3,(H,10,11)/t9-,10+;/m1./s1. The molecule has 2 saturated heterocycles. The Morgan fingerprint density at radius 2 is 1.93 bits per heavy atom. The second-order valence-electron chi connectivity index (χ2n) is 7.44. The first-order valence-electron chi connectivity index (χ1n) is 9.03. The largest absolute Gasteiger partial charge is 0.478 e. The summed E-state index contributed by atoms with van der Waals surface area (Å²) in [6, 6.07) is 6.07. The normalized spacial score (nSPS) is 21.8. The van der Waals surface area contributed by atoms with Crippen LogP contribution in [0.1, 0.15) is 27.0 Å². The number of aromatic carboxylic acids is 1. The molecule has 1 N–H and O–H groups in total. The number of aryl methyl sites for hydroxylation is 2. The predicted octanol–water partition coefficient (Wildman–Crippen LogP) is 2.88.